The maximum Gasteiger partial charge on any atom is 0.395 e. The molecule has 0 spiro atoms. The predicted octanol–water partition coefficient (Wildman–Crippen LogP) is 1.44. The third kappa shape index (κ3) is 3.46. The van der Waals surface area contributed by atoms with Gasteiger partial charge in [-0.25, -0.2) is 4.79 Å². The molecule has 1 unspecified atom stereocenters. The van der Waals surface area contributed by atoms with Gasteiger partial charge >= 0.3 is 11.9 Å². The van der Waals surface area contributed by atoms with Gasteiger partial charge in [0, 0.05) is 6.92 Å². The van der Waals surface area contributed by atoms with Crippen LogP contribution in [0.3, 0.4) is 0 Å². The number of halogens is 3. The Kier molecular flexibility index (Phi) is 4.30. The second kappa shape index (κ2) is 6.32. The Labute approximate surface area is 143 Å². The lowest BCUT2D eigenvalue weighted by atomic mass is 9.96. The zero-order valence-electron chi connectivity index (χ0n) is 13.5. The molecule has 2 aromatic heterocycles. The highest BCUT2D eigenvalue weighted by atomic mass is 19.4. The van der Waals surface area contributed by atoms with Crippen LogP contribution in [0.15, 0.2) is 33.4 Å². The van der Waals surface area contributed by atoms with Crippen molar-refractivity contribution >= 4 is 23.0 Å². The molecule has 2 aromatic rings. The van der Waals surface area contributed by atoms with Gasteiger partial charge in [-0.15, -0.1) is 0 Å². The van der Waals surface area contributed by atoms with Gasteiger partial charge in [-0.2, -0.15) is 18.2 Å². The zero-order valence-corrected chi connectivity index (χ0v) is 13.5. The molecule has 2 heterocycles. The Morgan fingerprint density at radius 3 is 2.69 bits per heavy atom. The van der Waals surface area contributed by atoms with Crippen molar-refractivity contribution in [2.45, 2.75) is 26.1 Å². The highest BCUT2D eigenvalue weighted by molar-refractivity contribution is 5.87. The van der Waals surface area contributed by atoms with E-state index < -0.39 is 29.3 Å². The third-order valence-electron chi connectivity index (χ3n) is 3.87. The number of imidazole rings is 1. The molecule has 0 saturated carbocycles. The Bertz CT molecular complexity index is 1040. The zero-order chi connectivity index (χ0) is 19.1. The van der Waals surface area contributed by atoms with Gasteiger partial charge in [0.2, 0.25) is 11.9 Å². The number of H-pyrrole nitrogens is 2. The molecule has 11 heteroatoms. The van der Waals surface area contributed by atoms with Crippen molar-refractivity contribution in [1.82, 2.24) is 19.5 Å². The number of anilines is 1. The number of hydrogen-bond acceptors (Lipinski definition) is 4. The summed E-state index contributed by atoms with van der Waals surface area (Å²) >= 11 is 0. The second-order valence-electron chi connectivity index (χ2n) is 5.83. The number of aromatic amines is 2. The molecular weight excluding hydrogens is 355 g/mol. The highest BCUT2D eigenvalue weighted by Gasteiger charge is 2.37. The number of carbonyl (C=O) groups is 1. The number of carbonyl (C=O) groups excluding carboxylic acids is 1. The predicted molar refractivity (Wildman–Crippen MR) is 86.7 cm³/mol. The minimum atomic E-state index is -4.32. The number of nitrogens with zero attached hydrogens (tertiary/aromatic N) is 2. The van der Waals surface area contributed by atoms with Gasteiger partial charge in [0.1, 0.15) is 0 Å². The summed E-state index contributed by atoms with van der Waals surface area (Å²) in [5, 5.41) is 2.30. The number of alkyl halides is 3. The van der Waals surface area contributed by atoms with Gasteiger partial charge in [-0.3, -0.25) is 29.4 Å². The number of hydrogen-bond donors (Lipinski definition) is 3. The van der Waals surface area contributed by atoms with E-state index in [1.807, 2.05) is 0 Å². The monoisotopic (exact) mass is 369 g/mol. The topological polar surface area (TPSA) is 113 Å². The van der Waals surface area contributed by atoms with Crippen LogP contribution in [0.4, 0.5) is 19.1 Å². The lowest BCUT2D eigenvalue weighted by molar-refractivity contribution is -0.160. The molecule has 1 aliphatic rings. The smallest absolute Gasteiger partial charge is 0.296 e. The Morgan fingerprint density at radius 2 is 2.12 bits per heavy atom. The fraction of sp³-hybridized carbons (Fsp3) is 0.333. The summed E-state index contributed by atoms with van der Waals surface area (Å²) in [6.07, 6.45) is -0.839. The number of aromatic nitrogens is 4. The normalized spacial score (nSPS) is 17.4. The molecule has 8 nitrogen and oxygen atoms in total. The van der Waals surface area contributed by atoms with E-state index in [0.717, 1.165) is 10.6 Å². The summed E-state index contributed by atoms with van der Waals surface area (Å²) in [5.74, 6) is -2.13. The molecule has 1 aliphatic carbocycles. The van der Waals surface area contributed by atoms with Crippen molar-refractivity contribution in [2.75, 3.05) is 5.32 Å². The van der Waals surface area contributed by atoms with E-state index >= 15 is 0 Å². The fourth-order valence-corrected chi connectivity index (χ4v) is 2.66. The first-order chi connectivity index (χ1) is 12.1. The van der Waals surface area contributed by atoms with Crippen LogP contribution in [0.5, 0.6) is 0 Å². The molecule has 0 aromatic carbocycles. The first kappa shape index (κ1) is 17.7. The van der Waals surface area contributed by atoms with Gasteiger partial charge in [0.15, 0.2) is 11.2 Å². The molecule has 3 rings (SSSR count). The molecule has 0 bridgehead atoms. The van der Waals surface area contributed by atoms with Gasteiger partial charge in [-0.05, 0) is 12.0 Å². The standard InChI is InChI=1S/C15H14F3N5O3/c1-7(24)19-13-20-11-10(12(25)22-13)23(14(26)21-11)6-8-2-4-9(5-3-8)15(16,17)18/h2-4,9H,5-6H2,1H3,(H3,19,20,21,22,24,25,26). The van der Waals surface area contributed by atoms with E-state index in [4.69, 9.17) is 0 Å². The van der Waals surface area contributed by atoms with E-state index in [-0.39, 0.29) is 30.1 Å². The minimum absolute atomic E-state index is 0.0314. The number of rotatable bonds is 3. The number of fused-ring (bicyclic) bond motifs is 1. The molecule has 0 fully saturated rings. The second-order valence-corrected chi connectivity index (χ2v) is 5.83. The Morgan fingerprint density at radius 1 is 1.38 bits per heavy atom. The van der Waals surface area contributed by atoms with Crippen molar-refractivity contribution in [3.8, 4) is 0 Å². The summed E-state index contributed by atoms with van der Waals surface area (Å²) < 4.78 is 39.1. The molecule has 138 valence electrons. The number of amides is 1. The van der Waals surface area contributed by atoms with Gasteiger partial charge in [-0.1, -0.05) is 18.2 Å². The molecule has 0 aliphatic heterocycles. The quantitative estimate of drug-likeness (QED) is 0.760. The van der Waals surface area contributed by atoms with E-state index in [1.165, 1.54) is 19.1 Å². The Balaban J connectivity index is 1.92. The van der Waals surface area contributed by atoms with Crippen LogP contribution < -0.4 is 16.6 Å². The number of allylic oxidation sites excluding steroid dienone is 4. The summed E-state index contributed by atoms with van der Waals surface area (Å²) in [4.78, 5) is 44.1. The molecule has 0 saturated heterocycles. The molecule has 26 heavy (non-hydrogen) atoms. The van der Waals surface area contributed by atoms with Crippen LogP contribution in [-0.4, -0.2) is 31.6 Å². The van der Waals surface area contributed by atoms with E-state index in [0.29, 0.717) is 5.57 Å². The van der Waals surface area contributed by atoms with E-state index in [9.17, 15) is 27.6 Å². The lowest BCUT2D eigenvalue weighted by Crippen LogP contribution is -2.24. The molecular formula is C15H14F3N5O3. The maximum absolute atomic E-state index is 12.7. The third-order valence-corrected chi connectivity index (χ3v) is 3.87. The first-order valence-corrected chi connectivity index (χ1v) is 7.59. The van der Waals surface area contributed by atoms with Crippen molar-refractivity contribution in [3.63, 3.8) is 0 Å². The maximum atomic E-state index is 12.7. The lowest BCUT2D eigenvalue weighted by Gasteiger charge is -2.19. The first-order valence-electron chi connectivity index (χ1n) is 7.59. The van der Waals surface area contributed by atoms with E-state index in [1.54, 1.807) is 0 Å². The summed E-state index contributed by atoms with van der Waals surface area (Å²) in [5.41, 5.74) is -0.915. The molecule has 1 atom stereocenters. The SMILES string of the molecule is CC(=O)Nc1nc2[nH]c(=O)n(CC3=CCC(C(F)(F)F)C=C3)c2c(=O)[nH]1. The summed E-state index contributed by atoms with van der Waals surface area (Å²) in [6.45, 7) is 1.15. The van der Waals surface area contributed by atoms with Gasteiger partial charge < -0.3 is 0 Å². The van der Waals surface area contributed by atoms with Crippen molar-refractivity contribution in [3.05, 3.63) is 44.6 Å². The van der Waals surface area contributed by atoms with Crippen LogP contribution in [-0.2, 0) is 11.3 Å². The average Bonchev–Trinajstić information content (AvgIpc) is 2.82. The van der Waals surface area contributed by atoms with Crippen LogP contribution in [0.25, 0.3) is 11.2 Å². The van der Waals surface area contributed by atoms with Crippen LogP contribution in [0.1, 0.15) is 13.3 Å². The van der Waals surface area contributed by atoms with Gasteiger partial charge in [0.25, 0.3) is 5.56 Å². The van der Waals surface area contributed by atoms with Crippen LogP contribution >= 0.6 is 0 Å². The van der Waals surface area contributed by atoms with Crippen molar-refractivity contribution < 1.29 is 18.0 Å². The number of nitrogens with one attached hydrogen (secondary N) is 3. The van der Waals surface area contributed by atoms with E-state index in [2.05, 4.69) is 20.3 Å². The minimum Gasteiger partial charge on any atom is -0.296 e. The highest BCUT2D eigenvalue weighted by Crippen LogP contribution is 2.33. The van der Waals surface area contributed by atoms with Gasteiger partial charge in [0.05, 0.1) is 12.5 Å². The van der Waals surface area contributed by atoms with Crippen LogP contribution in [0.2, 0.25) is 0 Å². The molecule has 3 N–H and O–H groups in total. The fourth-order valence-electron chi connectivity index (χ4n) is 2.66. The molecule has 1 amide bonds. The van der Waals surface area contributed by atoms with Crippen molar-refractivity contribution in [1.29, 1.82) is 0 Å². The Hall–Kier alpha value is -3.11. The average molecular weight is 369 g/mol. The largest absolute Gasteiger partial charge is 0.395 e. The summed E-state index contributed by atoms with van der Waals surface area (Å²) in [6, 6.07) is 0. The van der Waals surface area contributed by atoms with Crippen LogP contribution in [0, 0.1) is 5.92 Å². The summed E-state index contributed by atoms with van der Waals surface area (Å²) in [7, 11) is 0. The van der Waals surface area contributed by atoms with Crippen molar-refractivity contribution in [2.24, 2.45) is 5.92 Å². The molecule has 0 radical (unpaired) electrons.